The van der Waals surface area contributed by atoms with E-state index in [0.29, 0.717) is 11.1 Å². The molecule has 0 aliphatic carbocycles. The summed E-state index contributed by atoms with van der Waals surface area (Å²) in [6, 6.07) is 7.71. The quantitative estimate of drug-likeness (QED) is 0.815. The number of aromatic nitrogens is 1. The lowest BCUT2D eigenvalue weighted by Gasteiger charge is -2.48. The summed E-state index contributed by atoms with van der Waals surface area (Å²) in [7, 11) is 0. The predicted octanol–water partition coefficient (Wildman–Crippen LogP) is 3.12. The number of likely N-dealkylation sites (tertiary alicyclic amines) is 2. The van der Waals surface area contributed by atoms with Gasteiger partial charge in [0.15, 0.2) is 0 Å². The third-order valence-electron chi connectivity index (χ3n) is 4.97. The minimum Gasteiger partial charge on any atom is -0.475 e. The maximum atomic E-state index is 12.4. The van der Waals surface area contributed by atoms with Crippen LogP contribution in [0.5, 0.6) is 0 Å². The number of hydrogen-bond acceptors (Lipinski definition) is 5. The van der Waals surface area contributed by atoms with Gasteiger partial charge in [-0.2, -0.15) is 24.5 Å². The summed E-state index contributed by atoms with van der Waals surface area (Å²) in [4.78, 5) is 29.9. The molecular weight excluding hydrogens is 407 g/mol. The van der Waals surface area contributed by atoms with Gasteiger partial charge in [-0.3, -0.25) is 14.7 Å². The number of hydrogen-bond donors (Lipinski definition) is 1. The zero-order valence-electron chi connectivity index (χ0n) is 15.4. The van der Waals surface area contributed by atoms with Gasteiger partial charge in [-0.05, 0) is 47.5 Å². The number of alkyl halides is 3. The van der Waals surface area contributed by atoms with Crippen molar-refractivity contribution in [2.24, 2.45) is 5.41 Å². The summed E-state index contributed by atoms with van der Waals surface area (Å²) in [5.74, 6) is -2.69. The van der Waals surface area contributed by atoms with Crippen molar-refractivity contribution in [2.75, 3.05) is 26.2 Å². The van der Waals surface area contributed by atoms with Crippen LogP contribution >= 0.6 is 11.3 Å². The van der Waals surface area contributed by atoms with Crippen LogP contribution in [0, 0.1) is 5.41 Å². The first-order chi connectivity index (χ1) is 13.7. The number of aliphatic carboxylic acids is 1. The molecule has 0 unspecified atom stereocenters. The molecule has 1 spiro atoms. The van der Waals surface area contributed by atoms with Crippen molar-refractivity contribution >= 4 is 23.2 Å². The van der Waals surface area contributed by atoms with E-state index in [9.17, 15) is 18.0 Å². The van der Waals surface area contributed by atoms with Gasteiger partial charge in [0.1, 0.15) is 5.69 Å². The van der Waals surface area contributed by atoms with E-state index in [1.807, 2.05) is 17.0 Å². The van der Waals surface area contributed by atoms with E-state index in [1.54, 1.807) is 23.6 Å². The zero-order valence-corrected chi connectivity index (χ0v) is 16.2. The van der Waals surface area contributed by atoms with Gasteiger partial charge >= 0.3 is 12.1 Å². The Morgan fingerprint density at radius 1 is 1.21 bits per heavy atom. The molecule has 4 heterocycles. The number of thiophene rings is 1. The fourth-order valence-corrected chi connectivity index (χ4v) is 4.28. The first-order valence-electron chi connectivity index (χ1n) is 8.92. The van der Waals surface area contributed by atoms with E-state index in [0.717, 1.165) is 32.7 Å². The summed E-state index contributed by atoms with van der Waals surface area (Å²) >= 11 is 1.76. The van der Waals surface area contributed by atoms with Gasteiger partial charge in [-0.15, -0.1) is 0 Å². The fraction of sp³-hybridized carbons (Fsp3) is 0.421. The predicted molar refractivity (Wildman–Crippen MR) is 100 cm³/mol. The average molecular weight is 427 g/mol. The Hall–Kier alpha value is -2.46. The molecule has 0 radical (unpaired) electrons. The smallest absolute Gasteiger partial charge is 0.475 e. The van der Waals surface area contributed by atoms with Crippen molar-refractivity contribution in [1.29, 1.82) is 0 Å². The molecule has 2 aliphatic rings. The second-order valence-corrected chi connectivity index (χ2v) is 8.05. The third-order valence-corrected chi connectivity index (χ3v) is 5.70. The molecule has 2 aliphatic heterocycles. The van der Waals surface area contributed by atoms with Crippen molar-refractivity contribution < 1.29 is 27.9 Å². The summed E-state index contributed by atoms with van der Waals surface area (Å²) in [6.07, 6.45) is -2.20. The van der Waals surface area contributed by atoms with Gasteiger partial charge in [-0.1, -0.05) is 6.07 Å². The maximum absolute atomic E-state index is 12.4. The largest absolute Gasteiger partial charge is 0.490 e. The molecule has 29 heavy (non-hydrogen) atoms. The van der Waals surface area contributed by atoms with Gasteiger partial charge in [0, 0.05) is 37.8 Å². The number of carboxylic acids is 1. The summed E-state index contributed by atoms with van der Waals surface area (Å²) in [5.41, 5.74) is 2.29. The number of nitrogens with zero attached hydrogens (tertiary/aromatic N) is 3. The Morgan fingerprint density at radius 3 is 2.48 bits per heavy atom. The van der Waals surface area contributed by atoms with E-state index >= 15 is 0 Å². The Balaban J connectivity index is 0.000000298. The van der Waals surface area contributed by atoms with Crippen molar-refractivity contribution in [2.45, 2.75) is 19.1 Å². The monoisotopic (exact) mass is 427 g/mol. The third kappa shape index (κ3) is 5.33. The number of carbonyl (C=O) groups excluding carboxylic acids is 1. The molecule has 1 amide bonds. The van der Waals surface area contributed by atoms with Crippen molar-refractivity contribution in [3.63, 3.8) is 0 Å². The Bertz CT molecular complexity index is 837. The number of amides is 1. The number of halogens is 3. The van der Waals surface area contributed by atoms with Crippen LogP contribution in [0.15, 0.2) is 41.2 Å². The van der Waals surface area contributed by atoms with Crippen LogP contribution in [0.2, 0.25) is 0 Å². The SMILES string of the molecule is O=C(O)C(F)(F)F.O=C(c1ccccn1)N1CC2(CCN(Cc3ccsc3)C2)C1. The van der Waals surface area contributed by atoms with Gasteiger partial charge in [0.2, 0.25) is 0 Å². The lowest BCUT2D eigenvalue weighted by Crippen LogP contribution is -2.59. The molecule has 0 saturated carbocycles. The van der Waals surface area contributed by atoms with E-state index in [2.05, 4.69) is 26.7 Å². The van der Waals surface area contributed by atoms with Gasteiger partial charge in [-0.25, -0.2) is 4.79 Å². The average Bonchev–Trinajstić information content (AvgIpc) is 3.31. The Labute approximate surface area is 169 Å². The van der Waals surface area contributed by atoms with E-state index < -0.39 is 12.1 Å². The summed E-state index contributed by atoms with van der Waals surface area (Å²) < 4.78 is 31.7. The number of carboxylic acid groups (broad SMARTS) is 1. The van der Waals surface area contributed by atoms with Gasteiger partial charge in [0.25, 0.3) is 5.91 Å². The van der Waals surface area contributed by atoms with E-state index in [1.165, 1.54) is 12.0 Å². The molecule has 10 heteroatoms. The van der Waals surface area contributed by atoms with Crippen LogP contribution < -0.4 is 0 Å². The van der Waals surface area contributed by atoms with Crippen LogP contribution in [-0.4, -0.2) is 64.1 Å². The van der Waals surface area contributed by atoms with Crippen LogP contribution in [0.1, 0.15) is 22.5 Å². The highest BCUT2D eigenvalue weighted by molar-refractivity contribution is 7.07. The molecule has 1 N–H and O–H groups in total. The van der Waals surface area contributed by atoms with Crippen LogP contribution in [-0.2, 0) is 11.3 Å². The highest BCUT2D eigenvalue weighted by atomic mass is 32.1. The molecule has 4 rings (SSSR count). The maximum Gasteiger partial charge on any atom is 0.490 e. The zero-order chi connectivity index (χ0) is 21.1. The number of rotatable bonds is 3. The molecule has 0 atom stereocenters. The topological polar surface area (TPSA) is 73.7 Å². The van der Waals surface area contributed by atoms with Crippen molar-refractivity contribution in [3.8, 4) is 0 Å². The van der Waals surface area contributed by atoms with Crippen LogP contribution in [0.4, 0.5) is 13.2 Å². The Kier molecular flexibility index (Phi) is 6.23. The summed E-state index contributed by atoms with van der Waals surface area (Å²) in [6.45, 7) is 5.04. The van der Waals surface area contributed by atoms with Crippen LogP contribution in [0.25, 0.3) is 0 Å². The summed E-state index contributed by atoms with van der Waals surface area (Å²) in [5, 5.41) is 11.5. The normalized spacial score (nSPS) is 18.1. The molecule has 0 bridgehead atoms. The fourth-order valence-electron chi connectivity index (χ4n) is 3.62. The molecule has 6 nitrogen and oxygen atoms in total. The second-order valence-electron chi connectivity index (χ2n) is 7.27. The van der Waals surface area contributed by atoms with Crippen molar-refractivity contribution in [1.82, 2.24) is 14.8 Å². The molecule has 156 valence electrons. The molecule has 2 fully saturated rings. The molecule has 2 aromatic heterocycles. The molecule has 0 aromatic carbocycles. The van der Waals surface area contributed by atoms with E-state index in [-0.39, 0.29) is 5.91 Å². The number of carbonyl (C=O) groups is 2. The first kappa shape index (κ1) is 21.3. The van der Waals surface area contributed by atoms with Gasteiger partial charge < -0.3 is 10.0 Å². The standard InChI is InChI=1S/C17H19N3OS.C2HF3O2/c21-16(15-3-1-2-6-18-15)20-12-17(13-20)5-7-19(11-17)9-14-4-8-22-10-14;3-2(4,5)1(6)7/h1-4,6,8,10H,5,7,9,11-13H2;(H,6,7). The lowest BCUT2D eigenvalue weighted by molar-refractivity contribution is -0.192. The first-order valence-corrected chi connectivity index (χ1v) is 9.87. The number of pyridine rings is 1. The highest BCUT2D eigenvalue weighted by Gasteiger charge is 2.49. The Morgan fingerprint density at radius 2 is 1.93 bits per heavy atom. The minimum atomic E-state index is -5.08. The highest BCUT2D eigenvalue weighted by Crippen LogP contribution is 2.40. The second kappa shape index (κ2) is 8.50. The molecular formula is C19H20F3N3O3S. The molecule has 2 aromatic rings. The van der Waals surface area contributed by atoms with E-state index in [4.69, 9.17) is 9.90 Å². The minimum absolute atomic E-state index is 0.0718. The lowest BCUT2D eigenvalue weighted by atomic mass is 9.79. The van der Waals surface area contributed by atoms with Crippen molar-refractivity contribution in [3.05, 3.63) is 52.5 Å². The molecule has 2 saturated heterocycles. The van der Waals surface area contributed by atoms with Gasteiger partial charge in [0.05, 0.1) is 0 Å². The van der Waals surface area contributed by atoms with Crippen LogP contribution in [0.3, 0.4) is 0 Å².